The minimum Gasteiger partial charge on any atom is -0.478 e. The van der Waals surface area contributed by atoms with Gasteiger partial charge >= 0.3 is 5.97 Å². The van der Waals surface area contributed by atoms with Crippen molar-refractivity contribution in [2.75, 3.05) is 45.9 Å². The van der Waals surface area contributed by atoms with Crippen LogP contribution < -0.4 is 0 Å². The van der Waals surface area contributed by atoms with Gasteiger partial charge in [-0.2, -0.15) is 0 Å². The van der Waals surface area contributed by atoms with E-state index in [0.29, 0.717) is 31.6 Å². The molecule has 2 fully saturated rings. The summed E-state index contributed by atoms with van der Waals surface area (Å²) in [4.78, 5) is 16.5. The molecular formula is C30H35F2N3O3. The smallest absolute Gasteiger partial charge is 0.335 e. The molecule has 3 heterocycles. The number of halogens is 2. The summed E-state index contributed by atoms with van der Waals surface area (Å²) in [7, 11) is 0. The van der Waals surface area contributed by atoms with Crippen LogP contribution in [0.25, 0.3) is 22.2 Å². The first-order valence-electron chi connectivity index (χ1n) is 13.8. The van der Waals surface area contributed by atoms with Crippen LogP contribution in [-0.2, 0) is 17.8 Å². The maximum absolute atomic E-state index is 15.5. The van der Waals surface area contributed by atoms with Crippen molar-refractivity contribution >= 4 is 16.9 Å². The Balaban J connectivity index is 1.48. The summed E-state index contributed by atoms with van der Waals surface area (Å²) < 4.78 is 38.6. The molecule has 2 aromatic carbocycles. The highest BCUT2D eigenvalue weighted by atomic mass is 19.1. The highest BCUT2D eigenvalue weighted by Crippen LogP contribution is 2.46. The largest absolute Gasteiger partial charge is 0.478 e. The molecule has 0 radical (unpaired) electrons. The number of carbonyl (C=O) groups is 1. The molecule has 2 atom stereocenters. The van der Waals surface area contributed by atoms with E-state index in [-0.39, 0.29) is 17.3 Å². The standard InChI is InChI=1S/C30H35F2N3O3/c31-25-6-2-1-4-22(25)28-23-9-8-20(30(36)37)18-27(23)35-13-12-34(11-10-33-14-16-38-17-15-33)19-24-21(29(28)35)5-3-7-26(24)32/h3,5,7-9,18,22,25H,1-2,4,6,10-17,19H2,(H,36,37)/t22-,25-/m1/s1. The highest BCUT2D eigenvalue weighted by molar-refractivity contribution is 5.98. The predicted molar refractivity (Wildman–Crippen MR) is 143 cm³/mol. The Hall–Kier alpha value is -2.81. The Morgan fingerprint density at radius 1 is 1.00 bits per heavy atom. The summed E-state index contributed by atoms with van der Waals surface area (Å²) in [5.74, 6) is -1.53. The van der Waals surface area contributed by atoms with Crippen molar-refractivity contribution in [1.29, 1.82) is 0 Å². The number of carboxylic acids is 1. The maximum Gasteiger partial charge on any atom is 0.335 e. The number of nitrogens with zero attached hydrogens (tertiary/aromatic N) is 3. The molecule has 1 saturated carbocycles. The molecule has 0 bridgehead atoms. The number of ether oxygens (including phenoxy) is 1. The minimum atomic E-state index is -0.991. The zero-order valence-electron chi connectivity index (χ0n) is 21.7. The summed E-state index contributed by atoms with van der Waals surface area (Å²) in [6.07, 6.45) is 2.12. The van der Waals surface area contributed by atoms with Crippen molar-refractivity contribution in [2.45, 2.75) is 50.9 Å². The predicted octanol–water partition coefficient (Wildman–Crippen LogP) is 5.29. The lowest BCUT2D eigenvalue weighted by atomic mass is 9.80. The zero-order valence-corrected chi connectivity index (χ0v) is 21.7. The van der Waals surface area contributed by atoms with Crippen molar-refractivity contribution in [3.8, 4) is 11.3 Å². The van der Waals surface area contributed by atoms with Crippen LogP contribution in [0, 0.1) is 5.82 Å². The maximum atomic E-state index is 15.5. The van der Waals surface area contributed by atoms with E-state index in [0.717, 1.165) is 86.4 Å². The van der Waals surface area contributed by atoms with Crippen LogP contribution in [-0.4, -0.2) is 77.6 Å². The fourth-order valence-corrected chi connectivity index (χ4v) is 6.60. The number of aromatic nitrogens is 1. The lowest BCUT2D eigenvalue weighted by Crippen LogP contribution is -2.42. The number of fused-ring (bicyclic) bond motifs is 5. The van der Waals surface area contributed by atoms with E-state index < -0.39 is 12.1 Å². The SMILES string of the molecule is O=C(O)c1ccc2c([C@@H]3CCCC[C@H]3F)c3n(c2c1)CCN(CCN1CCOCC1)Cc1c(F)cccc1-3. The van der Waals surface area contributed by atoms with E-state index in [4.69, 9.17) is 4.74 Å². The van der Waals surface area contributed by atoms with Crippen molar-refractivity contribution in [2.24, 2.45) is 0 Å². The molecule has 1 aromatic heterocycles. The van der Waals surface area contributed by atoms with Gasteiger partial charge in [0, 0.05) is 73.8 Å². The van der Waals surface area contributed by atoms with Crippen LogP contribution in [0.3, 0.4) is 0 Å². The Morgan fingerprint density at radius 3 is 2.58 bits per heavy atom. The Morgan fingerprint density at radius 2 is 1.79 bits per heavy atom. The summed E-state index contributed by atoms with van der Waals surface area (Å²) in [5, 5.41) is 10.6. The molecule has 38 heavy (non-hydrogen) atoms. The lowest BCUT2D eigenvalue weighted by molar-refractivity contribution is 0.0327. The minimum absolute atomic E-state index is 0.204. The molecular weight excluding hydrogens is 488 g/mol. The molecule has 0 spiro atoms. The van der Waals surface area contributed by atoms with E-state index in [1.165, 1.54) is 6.07 Å². The van der Waals surface area contributed by atoms with E-state index in [1.54, 1.807) is 18.2 Å². The van der Waals surface area contributed by atoms with Gasteiger partial charge in [-0.3, -0.25) is 9.80 Å². The molecule has 1 N–H and O–H groups in total. The number of hydrogen-bond donors (Lipinski definition) is 1. The van der Waals surface area contributed by atoms with Crippen LogP contribution in [0.4, 0.5) is 8.78 Å². The first kappa shape index (κ1) is 25.5. The number of benzene rings is 2. The molecule has 1 saturated heterocycles. The van der Waals surface area contributed by atoms with E-state index >= 15 is 8.78 Å². The molecule has 0 unspecified atom stereocenters. The number of alkyl halides is 1. The van der Waals surface area contributed by atoms with E-state index in [9.17, 15) is 9.90 Å². The first-order valence-corrected chi connectivity index (χ1v) is 13.8. The summed E-state index contributed by atoms with van der Waals surface area (Å²) in [5.41, 5.74) is 4.19. The molecule has 0 amide bonds. The Labute approximate surface area is 221 Å². The second kappa shape index (κ2) is 10.8. The number of rotatable bonds is 5. The lowest BCUT2D eigenvalue weighted by Gasteiger charge is -2.33. The highest BCUT2D eigenvalue weighted by Gasteiger charge is 2.34. The van der Waals surface area contributed by atoms with Crippen LogP contribution in [0.2, 0.25) is 0 Å². The fourth-order valence-electron chi connectivity index (χ4n) is 6.60. The van der Waals surface area contributed by atoms with Gasteiger partial charge in [0.15, 0.2) is 0 Å². The fraction of sp³-hybridized carbons (Fsp3) is 0.500. The Bertz CT molecular complexity index is 1330. The van der Waals surface area contributed by atoms with Crippen molar-refractivity contribution in [1.82, 2.24) is 14.4 Å². The molecule has 6 rings (SSSR count). The normalized spacial score (nSPS) is 23.0. The van der Waals surface area contributed by atoms with Gasteiger partial charge in [-0.05, 0) is 36.6 Å². The van der Waals surface area contributed by atoms with Gasteiger partial charge < -0.3 is 14.4 Å². The van der Waals surface area contributed by atoms with Gasteiger partial charge in [0.05, 0.1) is 24.5 Å². The molecule has 8 heteroatoms. The Kier molecular flexibility index (Phi) is 7.20. The monoisotopic (exact) mass is 523 g/mol. The second-order valence-corrected chi connectivity index (χ2v) is 10.9. The van der Waals surface area contributed by atoms with Gasteiger partial charge in [0.1, 0.15) is 12.0 Å². The summed E-state index contributed by atoms with van der Waals surface area (Å²) in [6.45, 7) is 6.75. The van der Waals surface area contributed by atoms with Crippen molar-refractivity contribution in [3.05, 3.63) is 58.9 Å². The third-order valence-corrected chi connectivity index (χ3v) is 8.63. The van der Waals surface area contributed by atoms with Gasteiger partial charge in [-0.15, -0.1) is 0 Å². The first-order chi connectivity index (χ1) is 18.5. The summed E-state index contributed by atoms with van der Waals surface area (Å²) >= 11 is 0. The number of hydrogen-bond acceptors (Lipinski definition) is 4. The topological polar surface area (TPSA) is 57.9 Å². The average molecular weight is 524 g/mol. The number of aromatic carboxylic acids is 1. The number of carboxylic acid groups (broad SMARTS) is 1. The van der Waals surface area contributed by atoms with Crippen LogP contribution in [0.5, 0.6) is 0 Å². The molecule has 202 valence electrons. The van der Waals surface area contributed by atoms with Crippen LogP contribution >= 0.6 is 0 Å². The van der Waals surface area contributed by atoms with Gasteiger partial charge in [0.25, 0.3) is 0 Å². The van der Waals surface area contributed by atoms with Crippen LogP contribution in [0.1, 0.15) is 53.1 Å². The quantitative estimate of drug-likeness (QED) is 0.493. The second-order valence-electron chi connectivity index (χ2n) is 10.9. The van der Waals surface area contributed by atoms with Gasteiger partial charge in [-0.25, -0.2) is 13.6 Å². The molecule has 6 nitrogen and oxygen atoms in total. The van der Waals surface area contributed by atoms with Crippen molar-refractivity contribution < 1.29 is 23.4 Å². The third-order valence-electron chi connectivity index (χ3n) is 8.63. The molecule has 2 aliphatic heterocycles. The molecule has 3 aromatic rings. The molecule has 1 aliphatic carbocycles. The van der Waals surface area contributed by atoms with E-state index in [1.807, 2.05) is 12.1 Å². The average Bonchev–Trinajstić information content (AvgIpc) is 3.23. The molecule has 3 aliphatic rings. The summed E-state index contributed by atoms with van der Waals surface area (Å²) in [6, 6.07) is 10.3. The van der Waals surface area contributed by atoms with Crippen LogP contribution in [0.15, 0.2) is 36.4 Å². The zero-order chi connectivity index (χ0) is 26.2. The van der Waals surface area contributed by atoms with E-state index in [2.05, 4.69) is 14.4 Å². The third kappa shape index (κ3) is 4.74. The van der Waals surface area contributed by atoms with Gasteiger partial charge in [-0.1, -0.05) is 31.0 Å². The van der Waals surface area contributed by atoms with Gasteiger partial charge in [0.2, 0.25) is 0 Å². The van der Waals surface area contributed by atoms with Crippen molar-refractivity contribution in [3.63, 3.8) is 0 Å². The number of morpholine rings is 1.